The van der Waals surface area contributed by atoms with Crippen molar-refractivity contribution in [1.82, 2.24) is 9.55 Å². The topological polar surface area (TPSA) is 73.2 Å². The van der Waals surface area contributed by atoms with Crippen molar-refractivity contribution in [2.75, 3.05) is 18.2 Å². The van der Waals surface area contributed by atoms with E-state index >= 15 is 0 Å². The van der Waals surface area contributed by atoms with Gasteiger partial charge < -0.3 is 10.1 Å². The first-order valence-electron chi connectivity index (χ1n) is 11.0. The molecule has 0 aliphatic heterocycles. The van der Waals surface area contributed by atoms with Gasteiger partial charge in [-0.3, -0.25) is 14.2 Å². The van der Waals surface area contributed by atoms with E-state index < -0.39 is 0 Å². The normalized spacial score (nSPS) is 13.0. The van der Waals surface area contributed by atoms with E-state index in [1.54, 1.807) is 58.4 Å². The van der Waals surface area contributed by atoms with E-state index in [2.05, 4.69) is 5.32 Å². The minimum atomic E-state index is -0.237. The largest absolute Gasteiger partial charge is 0.495 e. The molecule has 35 heavy (non-hydrogen) atoms. The van der Waals surface area contributed by atoms with Crippen LogP contribution in [0, 0.1) is 0 Å². The fourth-order valence-electron chi connectivity index (χ4n) is 4.17. The third-order valence-corrected chi connectivity index (χ3v) is 8.48. The summed E-state index contributed by atoms with van der Waals surface area (Å²) in [7, 11) is 1.53. The number of thioether (sulfide) groups is 1. The highest BCUT2D eigenvalue weighted by molar-refractivity contribution is 7.99. The molecule has 180 valence electrons. The Morgan fingerprint density at radius 3 is 2.69 bits per heavy atom. The predicted molar refractivity (Wildman–Crippen MR) is 144 cm³/mol. The summed E-state index contributed by atoms with van der Waals surface area (Å²) in [6, 6.07) is 12.1. The van der Waals surface area contributed by atoms with Gasteiger partial charge in [-0.2, -0.15) is 0 Å². The highest BCUT2D eigenvalue weighted by Crippen LogP contribution is 2.35. The number of nitrogens with zero attached hydrogens (tertiary/aromatic N) is 2. The van der Waals surface area contributed by atoms with Crippen LogP contribution in [-0.4, -0.2) is 28.3 Å². The zero-order valence-electron chi connectivity index (χ0n) is 18.8. The molecule has 2 heterocycles. The van der Waals surface area contributed by atoms with Gasteiger partial charge >= 0.3 is 0 Å². The van der Waals surface area contributed by atoms with Crippen LogP contribution >= 0.6 is 46.3 Å². The molecule has 0 saturated heterocycles. The van der Waals surface area contributed by atoms with Gasteiger partial charge in [-0.05, 0) is 73.7 Å². The molecular weight excluding hydrogens is 525 g/mol. The van der Waals surface area contributed by atoms with Crippen LogP contribution in [0.2, 0.25) is 10.0 Å². The third-order valence-electron chi connectivity index (χ3n) is 5.81. The Kier molecular flexibility index (Phi) is 7.07. The van der Waals surface area contributed by atoms with Crippen LogP contribution in [0.4, 0.5) is 5.69 Å². The van der Waals surface area contributed by atoms with Crippen LogP contribution in [-0.2, 0) is 17.6 Å². The van der Waals surface area contributed by atoms with Crippen LogP contribution in [0.15, 0.2) is 52.4 Å². The number of carbonyl (C=O) groups is 1. The number of ether oxygens (including phenoxy) is 1. The van der Waals surface area contributed by atoms with Crippen LogP contribution < -0.4 is 15.6 Å². The fraction of sp³-hybridized carbons (Fsp3) is 0.240. The summed E-state index contributed by atoms with van der Waals surface area (Å²) in [5, 5.41) is 4.98. The second-order valence-corrected chi connectivity index (χ2v) is 11.0. The quantitative estimate of drug-likeness (QED) is 0.225. The fourth-order valence-corrected chi connectivity index (χ4v) is 6.67. The van der Waals surface area contributed by atoms with E-state index in [4.69, 9.17) is 32.9 Å². The molecule has 0 saturated carbocycles. The molecule has 0 unspecified atom stereocenters. The highest BCUT2D eigenvalue weighted by atomic mass is 35.5. The number of thiophene rings is 1. The molecular formula is C25H21Cl2N3O3S2. The van der Waals surface area contributed by atoms with E-state index in [1.807, 2.05) is 0 Å². The molecule has 4 aromatic rings. The number of rotatable bonds is 6. The molecule has 1 amide bonds. The van der Waals surface area contributed by atoms with Gasteiger partial charge in [-0.15, -0.1) is 11.3 Å². The standard InChI is InChI=1S/C25H21Cl2N3O3S2/c1-33-19-11-8-15(12-18(19)27)28-21(31)13-34-25-29-23-22(17-4-2-3-5-20(17)35-23)24(32)30(25)16-9-6-14(26)7-10-16/h6-12H,2-5,13H2,1H3,(H,28,31). The molecule has 1 aliphatic carbocycles. The lowest BCUT2D eigenvalue weighted by atomic mass is 9.97. The minimum absolute atomic E-state index is 0.0697. The number of carbonyl (C=O) groups excluding carboxylic acids is 1. The number of benzene rings is 2. The van der Waals surface area contributed by atoms with Gasteiger partial charge in [0.15, 0.2) is 5.16 Å². The number of nitrogens with one attached hydrogen (secondary N) is 1. The Labute approximate surface area is 220 Å². The lowest BCUT2D eigenvalue weighted by Gasteiger charge is -2.14. The zero-order valence-corrected chi connectivity index (χ0v) is 21.9. The van der Waals surface area contributed by atoms with E-state index in [1.165, 1.54) is 23.7 Å². The van der Waals surface area contributed by atoms with Gasteiger partial charge in [0.2, 0.25) is 5.91 Å². The molecule has 0 atom stereocenters. The van der Waals surface area contributed by atoms with Crippen molar-refractivity contribution in [1.29, 1.82) is 0 Å². The van der Waals surface area contributed by atoms with E-state index in [0.29, 0.717) is 37.7 Å². The van der Waals surface area contributed by atoms with Crippen molar-refractivity contribution in [3.8, 4) is 11.4 Å². The number of amides is 1. The van der Waals surface area contributed by atoms with Gasteiger partial charge in [0, 0.05) is 15.6 Å². The smallest absolute Gasteiger partial charge is 0.267 e. The lowest BCUT2D eigenvalue weighted by molar-refractivity contribution is -0.113. The summed E-state index contributed by atoms with van der Waals surface area (Å²) in [4.78, 5) is 33.3. The van der Waals surface area contributed by atoms with E-state index in [0.717, 1.165) is 36.1 Å². The Morgan fingerprint density at radius 1 is 1.17 bits per heavy atom. The molecule has 1 aliphatic rings. The van der Waals surface area contributed by atoms with Crippen LogP contribution in [0.25, 0.3) is 15.9 Å². The van der Waals surface area contributed by atoms with Gasteiger partial charge in [-0.25, -0.2) is 4.98 Å². The Bertz CT molecular complexity index is 1480. The molecule has 0 bridgehead atoms. The van der Waals surface area contributed by atoms with Crippen molar-refractivity contribution in [3.63, 3.8) is 0 Å². The summed E-state index contributed by atoms with van der Waals surface area (Å²) in [6.07, 6.45) is 4.08. The Balaban J connectivity index is 1.48. The molecule has 0 spiro atoms. The Hall–Kier alpha value is -2.52. The number of methoxy groups -OCH3 is 1. The number of halogens is 2. The van der Waals surface area contributed by atoms with Crippen molar-refractivity contribution in [2.45, 2.75) is 30.8 Å². The molecule has 0 radical (unpaired) electrons. The van der Waals surface area contributed by atoms with E-state index in [9.17, 15) is 9.59 Å². The Morgan fingerprint density at radius 2 is 1.94 bits per heavy atom. The summed E-state index contributed by atoms with van der Waals surface area (Å²) in [5.74, 6) is 0.362. The zero-order chi connectivity index (χ0) is 24.5. The monoisotopic (exact) mass is 545 g/mol. The van der Waals surface area contributed by atoms with Gasteiger partial charge in [0.05, 0.1) is 29.0 Å². The SMILES string of the molecule is COc1ccc(NC(=O)CSc2nc3sc4c(c3c(=O)n2-c2ccc(Cl)cc2)CCCC4)cc1Cl. The molecule has 6 nitrogen and oxygen atoms in total. The summed E-state index contributed by atoms with van der Waals surface area (Å²) >= 11 is 15.1. The summed E-state index contributed by atoms with van der Waals surface area (Å²) < 4.78 is 6.74. The predicted octanol–water partition coefficient (Wildman–Crippen LogP) is 6.37. The first kappa shape index (κ1) is 24.2. The number of aromatic nitrogens is 2. The second-order valence-electron chi connectivity index (χ2n) is 8.09. The second kappa shape index (κ2) is 10.2. The van der Waals surface area contributed by atoms with Crippen LogP contribution in [0.1, 0.15) is 23.3 Å². The van der Waals surface area contributed by atoms with E-state index in [-0.39, 0.29) is 17.2 Å². The molecule has 2 aromatic carbocycles. The maximum Gasteiger partial charge on any atom is 0.267 e. The first-order chi connectivity index (χ1) is 16.9. The maximum absolute atomic E-state index is 13.8. The van der Waals surface area contributed by atoms with Crippen LogP contribution in [0.3, 0.4) is 0 Å². The average molecular weight is 547 g/mol. The molecule has 0 fully saturated rings. The highest BCUT2D eigenvalue weighted by Gasteiger charge is 2.23. The number of hydrogen-bond acceptors (Lipinski definition) is 6. The lowest BCUT2D eigenvalue weighted by Crippen LogP contribution is -2.23. The third kappa shape index (κ3) is 4.93. The number of fused-ring (bicyclic) bond motifs is 3. The van der Waals surface area contributed by atoms with Gasteiger partial charge in [0.25, 0.3) is 5.56 Å². The van der Waals surface area contributed by atoms with Crippen molar-refractivity contribution in [2.24, 2.45) is 0 Å². The average Bonchev–Trinajstić information content (AvgIpc) is 3.22. The van der Waals surface area contributed by atoms with Crippen LogP contribution in [0.5, 0.6) is 5.75 Å². The molecule has 1 N–H and O–H groups in total. The summed E-state index contributed by atoms with van der Waals surface area (Å²) in [5.41, 5.74) is 2.24. The molecule has 2 aromatic heterocycles. The van der Waals surface area contributed by atoms with Gasteiger partial charge in [-0.1, -0.05) is 35.0 Å². The van der Waals surface area contributed by atoms with Crippen molar-refractivity contribution in [3.05, 3.63) is 73.3 Å². The number of aryl methyl sites for hydroxylation is 2. The minimum Gasteiger partial charge on any atom is -0.495 e. The molecule has 5 rings (SSSR count). The summed E-state index contributed by atoms with van der Waals surface area (Å²) in [6.45, 7) is 0. The van der Waals surface area contributed by atoms with Crippen molar-refractivity contribution >= 4 is 68.1 Å². The number of anilines is 1. The maximum atomic E-state index is 13.8. The number of hydrogen-bond donors (Lipinski definition) is 1. The first-order valence-corrected chi connectivity index (χ1v) is 13.6. The van der Waals surface area contributed by atoms with Gasteiger partial charge in [0.1, 0.15) is 10.6 Å². The molecule has 10 heteroatoms. The van der Waals surface area contributed by atoms with Crippen molar-refractivity contribution < 1.29 is 9.53 Å².